The first-order valence-electron chi connectivity index (χ1n) is 7.42. The van der Waals surface area contributed by atoms with E-state index >= 15 is 0 Å². The molecule has 0 unspecified atom stereocenters. The Hall–Kier alpha value is -1.56. The van der Waals surface area contributed by atoms with Gasteiger partial charge in [-0.1, -0.05) is 6.92 Å². The summed E-state index contributed by atoms with van der Waals surface area (Å²) in [5.41, 5.74) is 0. The third-order valence-corrected chi connectivity index (χ3v) is 4.13. The van der Waals surface area contributed by atoms with Gasteiger partial charge >= 0.3 is 5.97 Å². The van der Waals surface area contributed by atoms with Crippen LogP contribution in [0.15, 0.2) is 27.3 Å². The van der Waals surface area contributed by atoms with Gasteiger partial charge in [0, 0.05) is 12.1 Å². The third-order valence-electron chi connectivity index (χ3n) is 3.70. The lowest BCUT2D eigenvalue weighted by Crippen LogP contribution is -2.39. The summed E-state index contributed by atoms with van der Waals surface area (Å²) in [5, 5.41) is 2.91. The van der Waals surface area contributed by atoms with Crippen molar-refractivity contribution in [3.8, 4) is 0 Å². The van der Waals surface area contributed by atoms with Gasteiger partial charge in [0.25, 0.3) is 5.91 Å². The van der Waals surface area contributed by atoms with Crippen molar-refractivity contribution >= 4 is 33.9 Å². The van der Waals surface area contributed by atoms with Gasteiger partial charge in [0.2, 0.25) is 0 Å². The molecule has 22 heavy (non-hydrogen) atoms. The maximum absolute atomic E-state index is 11.7. The summed E-state index contributed by atoms with van der Waals surface area (Å²) in [6.07, 6.45) is 6.98. The topological polar surface area (TPSA) is 68.5 Å². The Labute approximate surface area is 138 Å². The maximum atomic E-state index is 11.7. The highest BCUT2D eigenvalue weighted by atomic mass is 79.9. The normalized spacial score (nSPS) is 21.7. The van der Waals surface area contributed by atoms with Gasteiger partial charge in [0.05, 0.1) is 0 Å². The Balaban J connectivity index is 1.67. The quantitative estimate of drug-likeness (QED) is 0.638. The number of rotatable bonds is 5. The van der Waals surface area contributed by atoms with Gasteiger partial charge in [-0.15, -0.1) is 0 Å². The molecule has 0 bridgehead atoms. The predicted octanol–water partition coefficient (Wildman–Crippen LogP) is 3.29. The zero-order valence-electron chi connectivity index (χ0n) is 12.5. The number of esters is 1. The molecule has 0 radical (unpaired) electrons. The van der Waals surface area contributed by atoms with E-state index in [1.54, 1.807) is 12.1 Å². The van der Waals surface area contributed by atoms with Crippen LogP contribution in [-0.4, -0.2) is 24.5 Å². The highest BCUT2D eigenvalue weighted by Gasteiger charge is 2.19. The van der Waals surface area contributed by atoms with Crippen LogP contribution in [0.25, 0.3) is 6.08 Å². The fourth-order valence-electron chi connectivity index (χ4n) is 2.43. The van der Waals surface area contributed by atoms with Crippen LogP contribution in [0.1, 0.15) is 38.4 Å². The number of hydrogen-bond donors (Lipinski definition) is 1. The van der Waals surface area contributed by atoms with Crippen LogP contribution in [0.4, 0.5) is 0 Å². The highest BCUT2D eigenvalue weighted by molar-refractivity contribution is 9.10. The molecule has 1 fully saturated rings. The number of hydrogen-bond acceptors (Lipinski definition) is 4. The van der Waals surface area contributed by atoms with E-state index in [0.29, 0.717) is 10.4 Å². The largest absolute Gasteiger partial charge is 0.452 e. The minimum atomic E-state index is -0.570. The molecule has 2 rings (SSSR count). The van der Waals surface area contributed by atoms with Crippen LogP contribution in [-0.2, 0) is 14.3 Å². The van der Waals surface area contributed by atoms with E-state index in [1.807, 2.05) is 0 Å². The molecule has 1 aliphatic carbocycles. The van der Waals surface area contributed by atoms with Gasteiger partial charge in [-0.2, -0.15) is 0 Å². The fourth-order valence-corrected chi connectivity index (χ4v) is 2.75. The second-order valence-corrected chi connectivity index (χ2v) is 6.39. The van der Waals surface area contributed by atoms with Crippen LogP contribution >= 0.6 is 15.9 Å². The van der Waals surface area contributed by atoms with Crippen molar-refractivity contribution < 1.29 is 18.7 Å². The lowest BCUT2D eigenvalue weighted by Gasteiger charge is -2.26. The van der Waals surface area contributed by atoms with Crippen LogP contribution < -0.4 is 5.32 Å². The Morgan fingerprint density at radius 3 is 2.73 bits per heavy atom. The second-order valence-electron chi connectivity index (χ2n) is 5.61. The molecule has 0 atom stereocenters. The van der Waals surface area contributed by atoms with Gasteiger partial charge in [0.1, 0.15) is 5.76 Å². The monoisotopic (exact) mass is 369 g/mol. The van der Waals surface area contributed by atoms with Crippen molar-refractivity contribution in [1.29, 1.82) is 0 Å². The molecule has 0 aromatic carbocycles. The summed E-state index contributed by atoms with van der Waals surface area (Å²) in [6.45, 7) is 1.97. The molecule has 1 aliphatic rings. The van der Waals surface area contributed by atoms with E-state index in [-0.39, 0.29) is 18.6 Å². The molecule has 1 saturated carbocycles. The van der Waals surface area contributed by atoms with E-state index in [0.717, 1.165) is 31.6 Å². The van der Waals surface area contributed by atoms with Gasteiger partial charge < -0.3 is 14.5 Å². The zero-order chi connectivity index (χ0) is 15.9. The number of nitrogens with one attached hydrogen (secondary N) is 1. The average molecular weight is 370 g/mol. The van der Waals surface area contributed by atoms with Crippen molar-refractivity contribution in [3.05, 3.63) is 28.6 Å². The zero-order valence-corrected chi connectivity index (χ0v) is 14.1. The number of amides is 1. The third kappa shape index (κ3) is 5.67. The Kier molecular flexibility index (Phi) is 6.24. The maximum Gasteiger partial charge on any atom is 0.331 e. The molecular formula is C16H20BrNO4. The van der Waals surface area contributed by atoms with Gasteiger partial charge in [-0.25, -0.2) is 4.79 Å². The highest BCUT2D eigenvalue weighted by Crippen LogP contribution is 2.23. The van der Waals surface area contributed by atoms with E-state index in [1.165, 1.54) is 12.2 Å². The van der Waals surface area contributed by atoms with Crippen molar-refractivity contribution in [2.75, 3.05) is 6.61 Å². The molecule has 6 heteroatoms. The summed E-state index contributed by atoms with van der Waals surface area (Å²) in [6, 6.07) is 3.65. The molecule has 1 aromatic rings. The van der Waals surface area contributed by atoms with Gasteiger partial charge in [0.15, 0.2) is 11.3 Å². The van der Waals surface area contributed by atoms with Crippen LogP contribution in [0.2, 0.25) is 0 Å². The molecule has 0 saturated heterocycles. The minimum absolute atomic E-state index is 0.207. The Morgan fingerprint density at radius 1 is 1.36 bits per heavy atom. The first-order chi connectivity index (χ1) is 10.5. The van der Waals surface area contributed by atoms with Crippen LogP contribution in [0.3, 0.4) is 0 Å². The molecule has 5 nitrogen and oxygen atoms in total. The van der Waals surface area contributed by atoms with Crippen molar-refractivity contribution in [3.63, 3.8) is 0 Å². The van der Waals surface area contributed by atoms with Crippen molar-refractivity contribution in [2.45, 2.75) is 38.6 Å². The Morgan fingerprint density at radius 2 is 2.09 bits per heavy atom. The van der Waals surface area contributed by atoms with E-state index in [9.17, 15) is 9.59 Å². The van der Waals surface area contributed by atoms with Crippen LogP contribution in [0.5, 0.6) is 0 Å². The summed E-state index contributed by atoms with van der Waals surface area (Å²) in [5.74, 6) is 0.448. The first kappa shape index (κ1) is 16.8. The molecule has 1 N–H and O–H groups in total. The van der Waals surface area contributed by atoms with Crippen LogP contribution in [0, 0.1) is 5.92 Å². The number of carbonyl (C=O) groups excluding carboxylic acids is 2. The fraction of sp³-hybridized carbons (Fsp3) is 0.500. The lowest BCUT2D eigenvalue weighted by atomic mass is 9.87. The SMILES string of the molecule is CC1CCC(NC(=O)COC(=O)/C=C/c2ccc(Br)o2)CC1. The van der Waals surface area contributed by atoms with E-state index in [4.69, 9.17) is 9.15 Å². The van der Waals surface area contributed by atoms with E-state index < -0.39 is 5.97 Å². The lowest BCUT2D eigenvalue weighted by molar-refractivity contribution is -0.144. The summed E-state index contributed by atoms with van der Waals surface area (Å²) in [7, 11) is 0. The first-order valence-corrected chi connectivity index (χ1v) is 8.22. The van der Waals surface area contributed by atoms with Crippen molar-refractivity contribution in [2.24, 2.45) is 5.92 Å². The molecular weight excluding hydrogens is 350 g/mol. The summed E-state index contributed by atoms with van der Waals surface area (Å²) in [4.78, 5) is 23.3. The summed E-state index contributed by atoms with van der Waals surface area (Å²) < 4.78 is 10.7. The average Bonchev–Trinajstić information content (AvgIpc) is 2.91. The van der Waals surface area contributed by atoms with Crippen molar-refractivity contribution in [1.82, 2.24) is 5.32 Å². The number of furan rings is 1. The predicted molar refractivity (Wildman–Crippen MR) is 86.0 cm³/mol. The number of halogens is 1. The summed E-state index contributed by atoms with van der Waals surface area (Å²) >= 11 is 3.17. The second kappa shape index (κ2) is 8.17. The molecule has 1 heterocycles. The molecule has 120 valence electrons. The molecule has 1 amide bonds. The molecule has 1 aromatic heterocycles. The van der Waals surface area contributed by atoms with Gasteiger partial charge in [-0.05, 0) is 65.7 Å². The van der Waals surface area contributed by atoms with E-state index in [2.05, 4.69) is 28.2 Å². The Bertz CT molecular complexity index is 544. The number of carbonyl (C=O) groups is 2. The molecule has 0 spiro atoms. The number of ether oxygens (including phenoxy) is 1. The molecule has 0 aliphatic heterocycles. The minimum Gasteiger partial charge on any atom is -0.452 e. The standard InChI is InChI=1S/C16H20BrNO4/c1-11-2-4-12(5-3-11)18-15(19)10-21-16(20)9-7-13-6-8-14(17)22-13/h6-9,11-12H,2-5,10H2,1H3,(H,18,19)/b9-7+. The van der Waals surface area contributed by atoms with Gasteiger partial charge in [-0.3, -0.25) is 4.79 Å². The smallest absolute Gasteiger partial charge is 0.331 e.